The number of hydrogen-bond acceptors (Lipinski definition) is 2. The fourth-order valence-electron chi connectivity index (χ4n) is 1.37. The number of carbonyl (C=O) groups is 1. The van der Waals surface area contributed by atoms with Gasteiger partial charge in [-0.15, -0.1) is 12.4 Å². The SMILES string of the molecule is CN1CCCC(C(=O)O)C1.Cl. The smallest absolute Gasteiger partial charge is 0.307 e. The van der Waals surface area contributed by atoms with Crippen molar-refractivity contribution < 1.29 is 9.90 Å². The lowest BCUT2D eigenvalue weighted by atomic mass is 9.99. The normalized spacial score (nSPS) is 25.7. The average molecular weight is 180 g/mol. The summed E-state index contributed by atoms with van der Waals surface area (Å²) in [6.45, 7) is 1.76. The maximum absolute atomic E-state index is 10.5. The molecule has 1 fully saturated rings. The van der Waals surface area contributed by atoms with Crippen LogP contribution in [0.2, 0.25) is 0 Å². The standard InChI is InChI=1S/C7H13NO2.ClH/c1-8-4-2-3-6(5-8)7(9)10;/h6H,2-5H2,1H3,(H,9,10);1H. The van der Waals surface area contributed by atoms with Crippen molar-refractivity contribution in [1.82, 2.24) is 4.90 Å². The van der Waals surface area contributed by atoms with E-state index < -0.39 is 5.97 Å². The minimum atomic E-state index is -0.647. The first-order valence-electron chi connectivity index (χ1n) is 3.61. The van der Waals surface area contributed by atoms with Crippen LogP contribution in [-0.2, 0) is 4.79 Å². The lowest BCUT2D eigenvalue weighted by Crippen LogP contribution is -2.35. The molecule has 3 nitrogen and oxygen atoms in total. The van der Waals surface area contributed by atoms with Crippen LogP contribution in [-0.4, -0.2) is 36.1 Å². The number of halogens is 1. The highest BCUT2D eigenvalue weighted by Crippen LogP contribution is 2.14. The van der Waals surface area contributed by atoms with Gasteiger partial charge in [0, 0.05) is 6.54 Å². The molecule has 0 amide bonds. The van der Waals surface area contributed by atoms with Crippen molar-refractivity contribution in [3.8, 4) is 0 Å². The van der Waals surface area contributed by atoms with E-state index in [1.807, 2.05) is 7.05 Å². The fourth-order valence-corrected chi connectivity index (χ4v) is 1.37. The van der Waals surface area contributed by atoms with Crippen molar-refractivity contribution in [3.05, 3.63) is 0 Å². The Kier molecular flexibility index (Phi) is 4.45. The van der Waals surface area contributed by atoms with E-state index in [1.54, 1.807) is 0 Å². The molecule has 4 heteroatoms. The summed E-state index contributed by atoms with van der Waals surface area (Å²) in [5, 5.41) is 8.63. The summed E-state index contributed by atoms with van der Waals surface area (Å²) in [4.78, 5) is 12.5. The topological polar surface area (TPSA) is 40.5 Å². The quantitative estimate of drug-likeness (QED) is 0.649. The van der Waals surface area contributed by atoms with E-state index in [0.717, 1.165) is 25.9 Å². The fraction of sp³-hybridized carbons (Fsp3) is 0.857. The molecule has 0 aromatic rings. The molecule has 1 aliphatic heterocycles. The van der Waals surface area contributed by atoms with Crippen LogP contribution >= 0.6 is 12.4 Å². The monoisotopic (exact) mass is 179 g/mol. The molecule has 1 atom stereocenters. The van der Waals surface area contributed by atoms with Gasteiger partial charge in [0.05, 0.1) is 5.92 Å². The van der Waals surface area contributed by atoms with E-state index in [4.69, 9.17) is 5.11 Å². The lowest BCUT2D eigenvalue weighted by molar-refractivity contribution is -0.143. The van der Waals surface area contributed by atoms with Crippen LogP contribution in [0.25, 0.3) is 0 Å². The Hall–Kier alpha value is -0.280. The van der Waals surface area contributed by atoms with Gasteiger partial charge in [-0.3, -0.25) is 4.79 Å². The number of likely N-dealkylation sites (tertiary alicyclic amines) is 1. The Bertz CT molecular complexity index is 140. The van der Waals surface area contributed by atoms with E-state index in [2.05, 4.69) is 4.90 Å². The summed E-state index contributed by atoms with van der Waals surface area (Å²) in [6, 6.07) is 0. The van der Waals surface area contributed by atoms with Gasteiger partial charge in [-0.25, -0.2) is 0 Å². The second kappa shape index (κ2) is 4.57. The first-order valence-corrected chi connectivity index (χ1v) is 3.61. The largest absolute Gasteiger partial charge is 0.481 e. The van der Waals surface area contributed by atoms with Crippen LogP contribution in [0.15, 0.2) is 0 Å². The van der Waals surface area contributed by atoms with Gasteiger partial charge in [-0.1, -0.05) is 0 Å². The summed E-state index contributed by atoms with van der Waals surface area (Å²) < 4.78 is 0. The third kappa shape index (κ3) is 3.08. The van der Waals surface area contributed by atoms with Gasteiger partial charge in [0.1, 0.15) is 0 Å². The van der Waals surface area contributed by atoms with E-state index in [1.165, 1.54) is 0 Å². The molecular formula is C7H14ClNO2. The van der Waals surface area contributed by atoms with E-state index in [0.29, 0.717) is 0 Å². The number of carboxylic acids is 1. The van der Waals surface area contributed by atoms with Crippen LogP contribution in [0, 0.1) is 5.92 Å². The van der Waals surface area contributed by atoms with Gasteiger partial charge in [0.25, 0.3) is 0 Å². The predicted molar refractivity (Wildman–Crippen MR) is 45.1 cm³/mol. The van der Waals surface area contributed by atoms with Gasteiger partial charge in [-0.2, -0.15) is 0 Å². The first-order chi connectivity index (χ1) is 4.70. The highest BCUT2D eigenvalue weighted by atomic mass is 35.5. The van der Waals surface area contributed by atoms with Crippen LogP contribution in [0.5, 0.6) is 0 Å². The number of piperidine rings is 1. The molecule has 1 unspecified atom stereocenters. The average Bonchev–Trinajstić information content (AvgIpc) is 1.88. The van der Waals surface area contributed by atoms with Crippen molar-refractivity contribution in [2.45, 2.75) is 12.8 Å². The van der Waals surface area contributed by atoms with E-state index in [-0.39, 0.29) is 18.3 Å². The number of hydrogen-bond donors (Lipinski definition) is 1. The second-order valence-electron chi connectivity index (χ2n) is 2.94. The first kappa shape index (κ1) is 10.7. The summed E-state index contributed by atoms with van der Waals surface area (Å²) in [7, 11) is 1.97. The number of rotatable bonds is 1. The van der Waals surface area contributed by atoms with Gasteiger partial charge in [-0.05, 0) is 26.4 Å². The van der Waals surface area contributed by atoms with Gasteiger partial charge in [0.15, 0.2) is 0 Å². The highest BCUT2D eigenvalue weighted by Gasteiger charge is 2.22. The van der Waals surface area contributed by atoms with Crippen LogP contribution in [0.4, 0.5) is 0 Å². The van der Waals surface area contributed by atoms with Gasteiger partial charge < -0.3 is 10.0 Å². The summed E-state index contributed by atoms with van der Waals surface area (Å²) >= 11 is 0. The van der Waals surface area contributed by atoms with Crippen LogP contribution < -0.4 is 0 Å². The summed E-state index contributed by atoms with van der Waals surface area (Å²) in [5.74, 6) is -0.773. The van der Waals surface area contributed by atoms with E-state index in [9.17, 15) is 4.79 Å². The minimum absolute atomic E-state index is 0. The summed E-state index contributed by atoms with van der Waals surface area (Å²) in [6.07, 6.45) is 1.87. The Morgan fingerprint density at radius 2 is 2.27 bits per heavy atom. The lowest BCUT2D eigenvalue weighted by Gasteiger charge is -2.26. The second-order valence-corrected chi connectivity index (χ2v) is 2.94. The molecule has 0 aromatic heterocycles. The molecule has 1 rings (SSSR count). The Morgan fingerprint density at radius 3 is 2.64 bits per heavy atom. The number of carboxylic acid groups (broad SMARTS) is 1. The van der Waals surface area contributed by atoms with Crippen molar-refractivity contribution >= 4 is 18.4 Å². The zero-order valence-electron chi connectivity index (χ0n) is 6.62. The molecular weight excluding hydrogens is 166 g/mol. The van der Waals surface area contributed by atoms with Gasteiger partial charge in [0.2, 0.25) is 0 Å². The maximum Gasteiger partial charge on any atom is 0.307 e. The van der Waals surface area contributed by atoms with Gasteiger partial charge >= 0.3 is 5.97 Å². The molecule has 1 N–H and O–H groups in total. The zero-order chi connectivity index (χ0) is 7.56. The predicted octanol–water partition coefficient (Wildman–Crippen LogP) is 0.835. The number of aliphatic carboxylic acids is 1. The molecule has 1 saturated heterocycles. The molecule has 66 valence electrons. The van der Waals surface area contributed by atoms with Crippen molar-refractivity contribution in [2.75, 3.05) is 20.1 Å². The van der Waals surface area contributed by atoms with E-state index >= 15 is 0 Å². The molecule has 0 bridgehead atoms. The molecule has 0 spiro atoms. The molecule has 1 heterocycles. The molecule has 0 radical (unpaired) electrons. The minimum Gasteiger partial charge on any atom is -0.481 e. The molecule has 1 aliphatic rings. The third-order valence-corrected chi connectivity index (χ3v) is 1.97. The molecule has 11 heavy (non-hydrogen) atoms. The highest BCUT2D eigenvalue weighted by molar-refractivity contribution is 5.85. The third-order valence-electron chi connectivity index (χ3n) is 1.97. The number of nitrogens with zero attached hydrogens (tertiary/aromatic N) is 1. The van der Waals surface area contributed by atoms with Crippen molar-refractivity contribution in [2.24, 2.45) is 5.92 Å². The molecule has 0 aromatic carbocycles. The Morgan fingerprint density at radius 1 is 1.64 bits per heavy atom. The maximum atomic E-state index is 10.5. The summed E-state index contributed by atoms with van der Waals surface area (Å²) in [5.41, 5.74) is 0. The van der Waals surface area contributed by atoms with Crippen LogP contribution in [0.1, 0.15) is 12.8 Å². The Labute approximate surface area is 72.8 Å². The van der Waals surface area contributed by atoms with Crippen LogP contribution in [0.3, 0.4) is 0 Å². The zero-order valence-corrected chi connectivity index (χ0v) is 7.43. The molecule has 0 aliphatic carbocycles. The molecule has 0 saturated carbocycles. The van der Waals surface area contributed by atoms with Crippen molar-refractivity contribution in [3.63, 3.8) is 0 Å². The Balaban J connectivity index is 0.000001000. The van der Waals surface area contributed by atoms with Crippen molar-refractivity contribution in [1.29, 1.82) is 0 Å².